The van der Waals surface area contributed by atoms with Crippen molar-refractivity contribution in [1.82, 2.24) is 24.5 Å². The van der Waals surface area contributed by atoms with Gasteiger partial charge in [-0.2, -0.15) is 9.97 Å². The first-order valence-corrected chi connectivity index (χ1v) is 11.1. The molecule has 0 saturated heterocycles. The van der Waals surface area contributed by atoms with Gasteiger partial charge in [-0.15, -0.1) is 0 Å². The number of aryl methyl sites for hydroxylation is 1. The van der Waals surface area contributed by atoms with Crippen LogP contribution in [0.25, 0.3) is 11.2 Å². The van der Waals surface area contributed by atoms with E-state index in [0.717, 1.165) is 54.5 Å². The van der Waals surface area contributed by atoms with Gasteiger partial charge in [0, 0.05) is 30.9 Å². The Hall–Kier alpha value is -2.90. The van der Waals surface area contributed by atoms with Crippen molar-refractivity contribution >= 4 is 22.9 Å². The Morgan fingerprint density at radius 2 is 1.90 bits per heavy atom. The van der Waals surface area contributed by atoms with Gasteiger partial charge in [-0.3, -0.25) is 4.79 Å². The number of H-pyrrole nitrogens is 1. The molecule has 0 spiro atoms. The molecule has 3 aromatic heterocycles. The van der Waals surface area contributed by atoms with E-state index in [0.29, 0.717) is 24.4 Å². The van der Waals surface area contributed by atoms with Crippen molar-refractivity contribution in [2.45, 2.75) is 70.9 Å². The molecule has 2 aliphatic carbocycles. The van der Waals surface area contributed by atoms with E-state index in [4.69, 9.17) is 0 Å². The Labute approximate surface area is 175 Å². The molecule has 158 valence electrons. The van der Waals surface area contributed by atoms with Crippen LogP contribution >= 0.6 is 0 Å². The van der Waals surface area contributed by atoms with Crippen LogP contribution < -0.4 is 16.2 Å². The van der Waals surface area contributed by atoms with Crippen LogP contribution in [-0.4, -0.2) is 31.6 Å². The molecule has 0 atom stereocenters. The largest absolute Gasteiger partial charge is 0.364 e. The summed E-state index contributed by atoms with van der Waals surface area (Å²) in [5.41, 5.74) is 5.97. The van der Waals surface area contributed by atoms with Crippen molar-refractivity contribution < 1.29 is 0 Å². The lowest BCUT2D eigenvalue weighted by atomic mass is 9.88. The Kier molecular flexibility index (Phi) is 4.92. The first-order valence-electron chi connectivity index (χ1n) is 11.1. The monoisotopic (exact) mass is 407 g/mol. The number of aromatic amines is 1. The van der Waals surface area contributed by atoms with Crippen molar-refractivity contribution in [2.24, 2.45) is 0 Å². The maximum Gasteiger partial charge on any atom is 0.253 e. The summed E-state index contributed by atoms with van der Waals surface area (Å²) in [7, 11) is 1.82. The van der Waals surface area contributed by atoms with Crippen LogP contribution in [-0.2, 0) is 19.4 Å². The molecule has 0 amide bonds. The lowest BCUT2D eigenvalue weighted by Gasteiger charge is -2.21. The van der Waals surface area contributed by atoms with E-state index >= 15 is 0 Å². The zero-order chi connectivity index (χ0) is 20.7. The van der Waals surface area contributed by atoms with E-state index < -0.39 is 0 Å². The molecular weight excluding hydrogens is 378 g/mol. The van der Waals surface area contributed by atoms with Crippen molar-refractivity contribution in [3.8, 4) is 0 Å². The van der Waals surface area contributed by atoms with E-state index in [1.807, 2.05) is 20.3 Å². The zero-order valence-electron chi connectivity index (χ0n) is 17.7. The summed E-state index contributed by atoms with van der Waals surface area (Å²) < 4.78 is 2.19. The Morgan fingerprint density at radius 3 is 2.67 bits per heavy atom. The van der Waals surface area contributed by atoms with Crippen LogP contribution in [0, 0.1) is 6.92 Å². The van der Waals surface area contributed by atoms with Gasteiger partial charge in [0.25, 0.3) is 5.56 Å². The molecule has 0 aromatic carbocycles. The molecule has 0 bridgehead atoms. The molecule has 3 heterocycles. The number of hydrogen-bond donors (Lipinski definition) is 3. The average molecular weight is 408 g/mol. The number of imidazole rings is 1. The smallest absolute Gasteiger partial charge is 0.253 e. The van der Waals surface area contributed by atoms with Gasteiger partial charge >= 0.3 is 0 Å². The number of aromatic nitrogens is 5. The minimum absolute atomic E-state index is 0.00345. The Bertz CT molecular complexity index is 1140. The normalized spacial score (nSPS) is 16.7. The second kappa shape index (κ2) is 7.74. The van der Waals surface area contributed by atoms with Crippen LogP contribution in [0.1, 0.15) is 67.0 Å². The third-order valence-corrected chi connectivity index (χ3v) is 6.66. The average Bonchev–Trinajstić information content (AvgIpc) is 3.43. The van der Waals surface area contributed by atoms with E-state index in [9.17, 15) is 4.79 Å². The first kappa shape index (κ1) is 19.1. The molecule has 0 radical (unpaired) electrons. The topological polar surface area (TPSA) is 101 Å². The molecule has 3 aromatic rings. The van der Waals surface area contributed by atoms with E-state index in [1.54, 1.807) is 0 Å². The number of hydrogen-bond acceptors (Lipinski definition) is 6. The lowest BCUT2D eigenvalue weighted by molar-refractivity contribution is 0.529. The van der Waals surface area contributed by atoms with Gasteiger partial charge in [-0.25, -0.2) is 4.98 Å². The number of nitrogens with zero attached hydrogens (tertiary/aromatic N) is 4. The predicted octanol–water partition coefficient (Wildman–Crippen LogP) is 3.47. The van der Waals surface area contributed by atoms with Crippen LogP contribution in [0.4, 0.5) is 11.8 Å². The molecule has 8 nitrogen and oxygen atoms in total. The van der Waals surface area contributed by atoms with E-state index in [2.05, 4.69) is 35.1 Å². The fourth-order valence-electron chi connectivity index (χ4n) is 5.07. The van der Waals surface area contributed by atoms with Crippen molar-refractivity contribution in [1.29, 1.82) is 0 Å². The predicted molar refractivity (Wildman–Crippen MR) is 118 cm³/mol. The summed E-state index contributed by atoms with van der Waals surface area (Å²) in [5.74, 6) is 1.23. The Morgan fingerprint density at radius 1 is 1.13 bits per heavy atom. The van der Waals surface area contributed by atoms with Crippen LogP contribution in [0.3, 0.4) is 0 Å². The second-order valence-electron chi connectivity index (χ2n) is 8.48. The van der Waals surface area contributed by atoms with Gasteiger partial charge in [0.15, 0.2) is 17.0 Å². The highest BCUT2D eigenvalue weighted by Gasteiger charge is 2.23. The van der Waals surface area contributed by atoms with E-state index in [-0.39, 0.29) is 5.56 Å². The lowest BCUT2D eigenvalue weighted by Crippen LogP contribution is -2.24. The van der Waals surface area contributed by atoms with Gasteiger partial charge in [0.1, 0.15) is 0 Å². The number of fused-ring (bicyclic) bond motifs is 2. The number of anilines is 2. The van der Waals surface area contributed by atoms with Crippen LogP contribution in [0.15, 0.2) is 11.1 Å². The fourth-order valence-corrected chi connectivity index (χ4v) is 5.07. The van der Waals surface area contributed by atoms with Gasteiger partial charge < -0.3 is 20.2 Å². The molecule has 3 N–H and O–H groups in total. The third kappa shape index (κ3) is 3.24. The highest BCUT2D eigenvalue weighted by atomic mass is 16.1. The molecule has 0 aliphatic heterocycles. The maximum absolute atomic E-state index is 12.7. The quantitative estimate of drug-likeness (QED) is 0.599. The van der Waals surface area contributed by atoms with Gasteiger partial charge in [0.2, 0.25) is 5.95 Å². The minimum atomic E-state index is -0.00345. The molecule has 0 unspecified atom stereocenters. The van der Waals surface area contributed by atoms with Gasteiger partial charge in [-0.1, -0.05) is 12.8 Å². The highest BCUT2D eigenvalue weighted by Crippen LogP contribution is 2.33. The number of rotatable bonds is 5. The standard InChI is InChI=1S/C22H29N7O/c1-13-15-9-5-6-10-16(15)17(21(30)26-13)11-24-19-18-20(28-22(23-2)27-19)29(12-25-18)14-7-3-4-8-14/h12,14H,3-11H2,1-2H3,(H,26,30)(H2,23,24,27,28). The van der Waals surface area contributed by atoms with Crippen molar-refractivity contribution in [3.05, 3.63) is 39.1 Å². The molecule has 2 aliphatic rings. The van der Waals surface area contributed by atoms with E-state index in [1.165, 1.54) is 30.4 Å². The summed E-state index contributed by atoms with van der Waals surface area (Å²) >= 11 is 0. The summed E-state index contributed by atoms with van der Waals surface area (Å²) in [6.07, 6.45) is 11.0. The molecule has 5 rings (SSSR count). The van der Waals surface area contributed by atoms with Crippen LogP contribution in [0.5, 0.6) is 0 Å². The molecule has 1 saturated carbocycles. The summed E-state index contributed by atoms with van der Waals surface area (Å²) in [5, 5.41) is 6.47. The minimum Gasteiger partial charge on any atom is -0.364 e. The summed E-state index contributed by atoms with van der Waals surface area (Å²) in [4.78, 5) is 29.7. The summed E-state index contributed by atoms with van der Waals surface area (Å²) in [6, 6.07) is 0.453. The second-order valence-corrected chi connectivity index (χ2v) is 8.48. The van der Waals surface area contributed by atoms with Gasteiger partial charge in [-0.05, 0) is 56.6 Å². The third-order valence-electron chi connectivity index (χ3n) is 6.66. The molecule has 30 heavy (non-hydrogen) atoms. The molecular formula is C22H29N7O. The SMILES string of the molecule is CNc1nc(NCc2c3c(c(C)[nH]c2=O)CCCC3)c2ncn(C3CCCC3)c2n1. The number of nitrogens with one attached hydrogen (secondary N) is 3. The fraction of sp³-hybridized carbons (Fsp3) is 0.545. The van der Waals surface area contributed by atoms with Crippen molar-refractivity contribution in [2.75, 3.05) is 17.7 Å². The zero-order valence-corrected chi connectivity index (χ0v) is 17.7. The first-order chi connectivity index (χ1) is 14.7. The molecule has 8 heteroatoms. The van der Waals surface area contributed by atoms with Gasteiger partial charge in [0.05, 0.1) is 6.33 Å². The summed E-state index contributed by atoms with van der Waals surface area (Å²) in [6.45, 7) is 2.44. The molecule has 1 fully saturated rings. The highest BCUT2D eigenvalue weighted by molar-refractivity contribution is 5.84. The Balaban J connectivity index is 1.51. The maximum atomic E-state index is 12.7. The van der Waals surface area contributed by atoms with Crippen LogP contribution in [0.2, 0.25) is 0 Å². The van der Waals surface area contributed by atoms with Crippen molar-refractivity contribution in [3.63, 3.8) is 0 Å². The number of pyridine rings is 1.